The summed E-state index contributed by atoms with van der Waals surface area (Å²) in [5.41, 5.74) is 13.4. The number of guanidine groups is 1. The topological polar surface area (TPSA) is 77.3 Å². The minimum atomic E-state index is -0.0229. The molecule has 0 radical (unpaired) electrons. The highest BCUT2D eigenvalue weighted by atomic mass is 35.5. The van der Waals surface area contributed by atoms with E-state index in [1.807, 2.05) is 36.4 Å². The predicted octanol–water partition coefficient (Wildman–Crippen LogP) is 3.07. The van der Waals surface area contributed by atoms with Gasteiger partial charge in [-0.1, -0.05) is 23.7 Å². The first-order valence-corrected chi connectivity index (χ1v) is 7.26. The minimum Gasteiger partial charge on any atom is -0.370 e. The fourth-order valence-corrected chi connectivity index (χ4v) is 2.35. The lowest BCUT2D eigenvalue weighted by Crippen LogP contribution is -2.23. The van der Waals surface area contributed by atoms with E-state index in [9.17, 15) is 0 Å². The average molecular weight is 303 g/mol. The Kier molecular flexibility index (Phi) is 5.58. The van der Waals surface area contributed by atoms with Gasteiger partial charge in [0.1, 0.15) is 0 Å². The predicted molar refractivity (Wildman–Crippen MR) is 87.2 cm³/mol. The van der Waals surface area contributed by atoms with Gasteiger partial charge in [0.05, 0.1) is 6.04 Å². The number of rotatable bonds is 6. The number of benzene rings is 1. The molecule has 1 heterocycles. The van der Waals surface area contributed by atoms with E-state index in [-0.39, 0.29) is 12.0 Å². The zero-order chi connectivity index (χ0) is 15.1. The summed E-state index contributed by atoms with van der Waals surface area (Å²) in [6.07, 6.45) is 6.35. The first-order valence-electron chi connectivity index (χ1n) is 6.88. The van der Waals surface area contributed by atoms with Gasteiger partial charge >= 0.3 is 0 Å². The number of nitrogens with zero attached hydrogens (tertiary/aromatic N) is 2. The number of aliphatic imine (C=N–C) groups is 1. The summed E-state index contributed by atoms with van der Waals surface area (Å²) >= 11 is 5.88. The first kappa shape index (κ1) is 15.3. The maximum Gasteiger partial charge on any atom is 0.186 e. The number of aryl methyl sites for hydroxylation is 1. The van der Waals surface area contributed by atoms with Crippen molar-refractivity contribution in [2.24, 2.45) is 16.5 Å². The van der Waals surface area contributed by atoms with Gasteiger partial charge in [0.15, 0.2) is 5.96 Å². The standard InChI is InChI=1S/C16H19ClN4/c17-14-6-4-12(5-7-14)2-1-3-15(21-16(18)19)13-8-10-20-11-9-13/h4-11,15H,1-3H2,(H4,18,19,21). The molecule has 4 nitrogen and oxygen atoms in total. The molecule has 4 N–H and O–H groups in total. The summed E-state index contributed by atoms with van der Waals surface area (Å²) in [4.78, 5) is 8.34. The summed E-state index contributed by atoms with van der Waals surface area (Å²) < 4.78 is 0. The molecule has 0 fully saturated rings. The number of halogens is 1. The summed E-state index contributed by atoms with van der Waals surface area (Å²) in [6.45, 7) is 0. The molecule has 2 rings (SSSR count). The number of hydrogen-bond acceptors (Lipinski definition) is 2. The molecular weight excluding hydrogens is 284 g/mol. The largest absolute Gasteiger partial charge is 0.370 e. The van der Waals surface area contributed by atoms with Crippen LogP contribution in [-0.2, 0) is 6.42 Å². The van der Waals surface area contributed by atoms with Crippen molar-refractivity contribution in [1.29, 1.82) is 0 Å². The molecule has 5 heteroatoms. The number of nitrogens with two attached hydrogens (primary N) is 2. The zero-order valence-electron chi connectivity index (χ0n) is 11.7. The lowest BCUT2D eigenvalue weighted by atomic mass is 10.0. The van der Waals surface area contributed by atoms with Crippen LogP contribution in [0.15, 0.2) is 53.8 Å². The molecule has 21 heavy (non-hydrogen) atoms. The monoisotopic (exact) mass is 302 g/mol. The van der Waals surface area contributed by atoms with Crippen LogP contribution < -0.4 is 11.5 Å². The van der Waals surface area contributed by atoms with Crippen LogP contribution in [0, 0.1) is 0 Å². The second-order valence-corrected chi connectivity index (χ2v) is 5.31. The van der Waals surface area contributed by atoms with Crippen molar-refractivity contribution in [2.45, 2.75) is 25.3 Å². The molecule has 1 aromatic carbocycles. The normalized spacial score (nSPS) is 11.9. The molecule has 0 spiro atoms. The van der Waals surface area contributed by atoms with Crippen LogP contribution in [0.4, 0.5) is 0 Å². The Labute approximate surface area is 129 Å². The van der Waals surface area contributed by atoms with Crippen LogP contribution in [0.5, 0.6) is 0 Å². The van der Waals surface area contributed by atoms with E-state index < -0.39 is 0 Å². The smallest absolute Gasteiger partial charge is 0.186 e. The maximum atomic E-state index is 5.88. The molecule has 0 saturated carbocycles. The summed E-state index contributed by atoms with van der Waals surface area (Å²) in [7, 11) is 0. The maximum absolute atomic E-state index is 5.88. The summed E-state index contributed by atoms with van der Waals surface area (Å²) in [6, 6.07) is 11.8. The van der Waals surface area contributed by atoms with Crippen LogP contribution in [0.3, 0.4) is 0 Å². The first-order chi connectivity index (χ1) is 10.1. The lowest BCUT2D eigenvalue weighted by Gasteiger charge is -2.13. The van der Waals surface area contributed by atoms with Gasteiger partial charge in [-0.2, -0.15) is 0 Å². The Morgan fingerprint density at radius 1 is 1.10 bits per heavy atom. The Balaban J connectivity index is 1.97. The van der Waals surface area contributed by atoms with E-state index in [4.69, 9.17) is 23.1 Å². The van der Waals surface area contributed by atoms with Gasteiger partial charge in [-0.15, -0.1) is 0 Å². The molecule has 0 aliphatic carbocycles. The fourth-order valence-electron chi connectivity index (χ4n) is 2.22. The van der Waals surface area contributed by atoms with Crippen molar-refractivity contribution in [3.8, 4) is 0 Å². The molecule has 0 aliphatic rings. The highest BCUT2D eigenvalue weighted by Gasteiger charge is 2.10. The molecular formula is C16H19ClN4. The minimum absolute atomic E-state index is 0.0229. The van der Waals surface area contributed by atoms with Gasteiger partial charge in [-0.3, -0.25) is 4.98 Å². The summed E-state index contributed by atoms with van der Waals surface area (Å²) in [5.74, 6) is 0.114. The van der Waals surface area contributed by atoms with Crippen molar-refractivity contribution >= 4 is 17.6 Å². The van der Waals surface area contributed by atoms with Crippen molar-refractivity contribution in [2.75, 3.05) is 0 Å². The molecule has 0 amide bonds. The number of hydrogen-bond donors (Lipinski definition) is 2. The van der Waals surface area contributed by atoms with Crippen molar-refractivity contribution in [1.82, 2.24) is 4.98 Å². The molecule has 1 aromatic heterocycles. The molecule has 1 atom stereocenters. The molecule has 2 aromatic rings. The molecule has 1 unspecified atom stereocenters. The average Bonchev–Trinajstić information content (AvgIpc) is 2.49. The van der Waals surface area contributed by atoms with E-state index in [0.717, 1.165) is 29.8 Å². The van der Waals surface area contributed by atoms with Crippen molar-refractivity contribution < 1.29 is 0 Å². The third kappa shape index (κ3) is 5.08. The molecule has 0 aliphatic heterocycles. The van der Waals surface area contributed by atoms with E-state index in [2.05, 4.69) is 9.98 Å². The third-order valence-electron chi connectivity index (χ3n) is 3.25. The third-order valence-corrected chi connectivity index (χ3v) is 3.50. The van der Waals surface area contributed by atoms with Gasteiger partial charge in [-0.05, 0) is 54.7 Å². The van der Waals surface area contributed by atoms with Crippen molar-refractivity contribution in [3.63, 3.8) is 0 Å². The van der Waals surface area contributed by atoms with Gasteiger partial charge < -0.3 is 11.5 Å². The molecule has 0 bridgehead atoms. The quantitative estimate of drug-likeness (QED) is 0.636. The van der Waals surface area contributed by atoms with Crippen LogP contribution in [0.1, 0.15) is 30.0 Å². The Bertz CT molecular complexity index is 577. The molecule has 0 saturated heterocycles. The second kappa shape index (κ2) is 7.64. The van der Waals surface area contributed by atoms with Gasteiger partial charge in [0.25, 0.3) is 0 Å². The lowest BCUT2D eigenvalue weighted by molar-refractivity contribution is 0.612. The Hall–Kier alpha value is -2.07. The van der Waals surface area contributed by atoms with E-state index in [0.29, 0.717) is 0 Å². The Morgan fingerprint density at radius 3 is 2.38 bits per heavy atom. The fraction of sp³-hybridized carbons (Fsp3) is 0.250. The van der Waals surface area contributed by atoms with E-state index in [1.165, 1.54) is 5.56 Å². The van der Waals surface area contributed by atoms with Gasteiger partial charge in [0, 0.05) is 17.4 Å². The highest BCUT2D eigenvalue weighted by Crippen LogP contribution is 2.23. The molecule has 110 valence electrons. The van der Waals surface area contributed by atoms with Crippen LogP contribution in [-0.4, -0.2) is 10.9 Å². The van der Waals surface area contributed by atoms with E-state index >= 15 is 0 Å². The number of aromatic nitrogens is 1. The van der Waals surface area contributed by atoms with Crippen molar-refractivity contribution in [3.05, 3.63) is 64.9 Å². The van der Waals surface area contributed by atoms with Gasteiger partial charge in [0.2, 0.25) is 0 Å². The summed E-state index contributed by atoms with van der Waals surface area (Å²) in [5, 5.41) is 0.758. The zero-order valence-corrected chi connectivity index (χ0v) is 12.5. The van der Waals surface area contributed by atoms with Crippen LogP contribution >= 0.6 is 11.6 Å². The van der Waals surface area contributed by atoms with Gasteiger partial charge in [-0.25, -0.2) is 4.99 Å². The Morgan fingerprint density at radius 2 is 1.76 bits per heavy atom. The number of pyridine rings is 1. The van der Waals surface area contributed by atoms with Crippen LogP contribution in [0.2, 0.25) is 5.02 Å². The van der Waals surface area contributed by atoms with Crippen LogP contribution in [0.25, 0.3) is 0 Å². The second-order valence-electron chi connectivity index (χ2n) is 4.87. The highest BCUT2D eigenvalue weighted by molar-refractivity contribution is 6.30. The SMILES string of the molecule is NC(N)=NC(CCCc1ccc(Cl)cc1)c1ccncc1. The van der Waals surface area contributed by atoms with E-state index in [1.54, 1.807) is 12.4 Å².